The van der Waals surface area contributed by atoms with Crippen molar-refractivity contribution in [3.8, 4) is 0 Å². The van der Waals surface area contributed by atoms with E-state index in [1.54, 1.807) is 16.7 Å². The van der Waals surface area contributed by atoms with Crippen LogP contribution in [0, 0.1) is 6.92 Å². The second kappa shape index (κ2) is 2.97. The molecule has 0 fully saturated rings. The summed E-state index contributed by atoms with van der Waals surface area (Å²) in [4.78, 5) is 19.0. The standard InChI is InChI=1S/C10H13N3O/c1-6(2)10-11-5-8-12-7(3)4-9(14)13(8)10/h4-6,12H,1-3H3. The lowest BCUT2D eigenvalue weighted by molar-refractivity contribution is 0.758. The third kappa shape index (κ3) is 1.23. The van der Waals surface area contributed by atoms with Gasteiger partial charge in [-0.3, -0.25) is 4.79 Å². The van der Waals surface area contributed by atoms with Gasteiger partial charge in [0.05, 0.1) is 6.20 Å². The summed E-state index contributed by atoms with van der Waals surface area (Å²) in [7, 11) is 0. The summed E-state index contributed by atoms with van der Waals surface area (Å²) in [5.41, 5.74) is 1.61. The van der Waals surface area contributed by atoms with E-state index in [0.29, 0.717) is 0 Å². The molecule has 4 nitrogen and oxygen atoms in total. The molecule has 14 heavy (non-hydrogen) atoms. The van der Waals surface area contributed by atoms with Crippen molar-refractivity contribution in [1.29, 1.82) is 0 Å². The van der Waals surface area contributed by atoms with Crippen LogP contribution < -0.4 is 5.56 Å². The number of nitrogens with zero attached hydrogens (tertiary/aromatic N) is 2. The minimum atomic E-state index is -0.0162. The van der Waals surface area contributed by atoms with Gasteiger partial charge >= 0.3 is 0 Å². The summed E-state index contributed by atoms with van der Waals surface area (Å²) in [6.45, 7) is 5.91. The van der Waals surface area contributed by atoms with Crippen molar-refractivity contribution in [2.24, 2.45) is 0 Å². The lowest BCUT2D eigenvalue weighted by atomic mass is 10.2. The fourth-order valence-corrected chi connectivity index (χ4v) is 1.58. The molecule has 4 heteroatoms. The van der Waals surface area contributed by atoms with Crippen LogP contribution in [0.1, 0.15) is 31.3 Å². The van der Waals surface area contributed by atoms with Crippen molar-refractivity contribution in [1.82, 2.24) is 14.4 Å². The average Bonchev–Trinajstić information content (AvgIpc) is 2.47. The van der Waals surface area contributed by atoms with E-state index < -0.39 is 0 Å². The number of hydrogen-bond acceptors (Lipinski definition) is 2. The number of H-pyrrole nitrogens is 1. The molecular weight excluding hydrogens is 178 g/mol. The molecule has 74 valence electrons. The molecule has 2 rings (SSSR count). The molecule has 2 aromatic heterocycles. The molecule has 0 aliphatic rings. The second-order valence-corrected chi connectivity index (χ2v) is 3.78. The highest BCUT2D eigenvalue weighted by Crippen LogP contribution is 2.11. The number of aryl methyl sites for hydroxylation is 1. The van der Waals surface area contributed by atoms with Gasteiger partial charge in [-0.15, -0.1) is 0 Å². The highest BCUT2D eigenvalue weighted by molar-refractivity contribution is 5.38. The Labute approximate surface area is 81.6 Å². The summed E-state index contributed by atoms with van der Waals surface area (Å²) < 4.78 is 1.62. The van der Waals surface area contributed by atoms with Crippen LogP contribution in [-0.4, -0.2) is 14.4 Å². The molecule has 0 saturated carbocycles. The highest BCUT2D eigenvalue weighted by Gasteiger charge is 2.09. The van der Waals surface area contributed by atoms with Crippen molar-refractivity contribution in [3.63, 3.8) is 0 Å². The predicted molar refractivity (Wildman–Crippen MR) is 54.6 cm³/mol. The Morgan fingerprint density at radius 2 is 2.21 bits per heavy atom. The predicted octanol–water partition coefficient (Wildman–Crippen LogP) is 1.45. The number of rotatable bonds is 1. The molecule has 1 N–H and O–H groups in total. The first kappa shape index (κ1) is 8.99. The van der Waals surface area contributed by atoms with Crippen molar-refractivity contribution >= 4 is 5.65 Å². The molecule has 0 spiro atoms. The topological polar surface area (TPSA) is 50.2 Å². The van der Waals surface area contributed by atoms with E-state index in [2.05, 4.69) is 9.97 Å². The molecule has 2 aromatic rings. The Bertz CT molecular complexity index is 522. The summed E-state index contributed by atoms with van der Waals surface area (Å²) in [5, 5.41) is 0. The summed E-state index contributed by atoms with van der Waals surface area (Å²) in [6, 6.07) is 1.58. The van der Waals surface area contributed by atoms with Crippen LogP contribution in [0.3, 0.4) is 0 Å². The quantitative estimate of drug-likeness (QED) is 0.741. The Morgan fingerprint density at radius 3 is 2.86 bits per heavy atom. The average molecular weight is 191 g/mol. The second-order valence-electron chi connectivity index (χ2n) is 3.78. The minimum absolute atomic E-state index is 0.0162. The molecule has 0 aliphatic carbocycles. The number of aromatic nitrogens is 3. The van der Waals surface area contributed by atoms with Crippen LogP contribution in [0.25, 0.3) is 5.65 Å². The molecule has 0 bridgehead atoms. The number of imidazole rings is 1. The smallest absolute Gasteiger partial charge is 0.259 e. The Hall–Kier alpha value is -1.58. The Kier molecular flexibility index (Phi) is 1.91. The molecule has 0 atom stereocenters. The van der Waals surface area contributed by atoms with Crippen LogP contribution in [-0.2, 0) is 0 Å². The van der Waals surface area contributed by atoms with Gasteiger partial charge in [0.1, 0.15) is 11.5 Å². The zero-order valence-corrected chi connectivity index (χ0v) is 8.53. The van der Waals surface area contributed by atoms with E-state index in [4.69, 9.17) is 0 Å². The van der Waals surface area contributed by atoms with Crippen LogP contribution >= 0.6 is 0 Å². The number of nitrogens with one attached hydrogen (secondary N) is 1. The third-order valence-electron chi connectivity index (χ3n) is 2.19. The lowest BCUT2D eigenvalue weighted by Gasteiger charge is -2.03. The molecule has 0 radical (unpaired) electrons. The Balaban J connectivity index is 2.86. The molecule has 0 aliphatic heterocycles. The SMILES string of the molecule is Cc1cc(=O)n2c(C(C)C)ncc2[nH]1. The first-order valence-corrected chi connectivity index (χ1v) is 4.67. The van der Waals surface area contributed by atoms with Crippen molar-refractivity contribution in [2.45, 2.75) is 26.7 Å². The lowest BCUT2D eigenvalue weighted by Crippen LogP contribution is -2.16. The molecule has 0 saturated heterocycles. The largest absolute Gasteiger partial charge is 0.344 e. The van der Waals surface area contributed by atoms with Crippen LogP contribution in [0.4, 0.5) is 0 Å². The third-order valence-corrected chi connectivity index (χ3v) is 2.19. The van der Waals surface area contributed by atoms with E-state index in [1.165, 1.54) is 0 Å². The monoisotopic (exact) mass is 191 g/mol. The maximum absolute atomic E-state index is 11.7. The summed E-state index contributed by atoms with van der Waals surface area (Å²) in [5.74, 6) is 1.06. The normalized spacial score (nSPS) is 11.4. The molecule has 0 unspecified atom stereocenters. The minimum Gasteiger partial charge on any atom is -0.344 e. The van der Waals surface area contributed by atoms with E-state index in [9.17, 15) is 4.79 Å². The zero-order chi connectivity index (χ0) is 10.3. The van der Waals surface area contributed by atoms with Crippen molar-refractivity contribution < 1.29 is 0 Å². The van der Waals surface area contributed by atoms with E-state index in [0.717, 1.165) is 17.2 Å². The van der Waals surface area contributed by atoms with Crippen molar-refractivity contribution in [3.05, 3.63) is 34.1 Å². The van der Waals surface area contributed by atoms with Crippen LogP contribution in [0.2, 0.25) is 0 Å². The number of hydrogen-bond donors (Lipinski definition) is 1. The van der Waals surface area contributed by atoms with Gasteiger partial charge in [0.25, 0.3) is 5.56 Å². The summed E-state index contributed by atoms with van der Waals surface area (Å²) >= 11 is 0. The van der Waals surface area contributed by atoms with Gasteiger partial charge in [-0.25, -0.2) is 9.38 Å². The van der Waals surface area contributed by atoms with E-state index in [-0.39, 0.29) is 11.5 Å². The van der Waals surface area contributed by atoms with Gasteiger partial charge in [0.2, 0.25) is 0 Å². The van der Waals surface area contributed by atoms with Crippen LogP contribution in [0.5, 0.6) is 0 Å². The molecular formula is C10H13N3O. The zero-order valence-electron chi connectivity index (χ0n) is 8.53. The highest BCUT2D eigenvalue weighted by atomic mass is 16.1. The van der Waals surface area contributed by atoms with Gasteiger partial charge in [-0.2, -0.15) is 0 Å². The van der Waals surface area contributed by atoms with Crippen molar-refractivity contribution in [2.75, 3.05) is 0 Å². The van der Waals surface area contributed by atoms with Gasteiger partial charge in [-0.05, 0) is 6.92 Å². The van der Waals surface area contributed by atoms with Gasteiger partial charge < -0.3 is 4.98 Å². The van der Waals surface area contributed by atoms with Crippen LogP contribution in [0.15, 0.2) is 17.1 Å². The first-order chi connectivity index (χ1) is 6.59. The van der Waals surface area contributed by atoms with Gasteiger partial charge in [-0.1, -0.05) is 13.8 Å². The fraction of sp³-hybridized carbons (Fsp3) is 0.400. The maximum atomic E-state index is 11.7. The van der Waals surface area contributed by atoms with Gasteiger partial charge in [0.15, 0.2) is 0 Å². The maximum Gasteiger partial charge on any atom is 0.259 e. The fourth-order valence-electron chi connectivity index (χ4n) is 1.58. The van der Waals surface area contributed by atoms with E-state index in [1.807, 2.05) is 20.8 Å². The molecule has 0 amide bonds. The first-order valence-electron chi connectivity index (χ1n) is 4.67. The number of aromatic amines is 1. The van der Waals surface area contributed by atoms with Gasteiger partial charge in [0, 0.05) is 17.7 Å². The molecule has 2 heterocycles. The molecule has 0 aromatic carbocycles. The van der Waals surface area contributed by atoms with E-state index >= 15 is 0 Å². The summed E-state index contributed by atoms with van der Waals surface area (Å²) in [6.07, 6.45) is 1.70. The number of fused-ring (bicyclic) bond motifs is 1. The Morgan fingerprint density at radius 1 is 1.50 bits per heavy atom.